The summed E-state index contributed by atoms with van der Waals surface area (Å²) in [6.45, 7) is 5.89. The third kappa shape index (κ3) is 4.39. The fraction of sp³-hybridized carbons (Fsp3) is 0.217. The molecule has 148 valence electrons. The first-order chi connectivity index (χ1) is 14.0. The summed E-state index contributed by atoms with van der Waals surface area (Å²) in [5.41, 5.74) is 4.04. The summed E-state index contributed by atoms with van der Waals surface area (Å²) in [5.74, 6) is 0.714. The molecule has 2 aromatic heterocycles. The number of thiazole rings is 1. The first kappa shape index (κ1) is 19.4. The molecule has 0 saturated carbocycles. The highest BCUT2D eigenvalue weighted by Gasteiger charge is 2.18. The molecule has 0 unspecified atom stereocenters. The molecule has 0 fully saturated rings. The number of anilines is 1. The van der Waals surface area contributed by atoms with Crippen LogP contribution < -0.4 is 10.6 Å². The number of hydrogen-bond acceptors (Lipinski definition) is 5. The zero-order chi connectivity index (χ0) is 20.4. The summed E-state index contributed by atoms with van der Waals surface area (Å²) in [5, 5.41) is 7.18. The Labute approximate surface area is 173 Å². The van der Waals surface area contributed by atoms with Crippen LogP contribution in [0.3, 0.4) is 0 Å². The average Bonchev–Trinajstić information content (AvgIpc) is 3.38. The van der Waals surface area contributed by atoms with Crippen LogP contribution in [0.5, 0.6) is 0 Å². The molecule has 2 heterocycles. The van der Waals surface area contributed by atoms with Crippen molar-refractivity contribution in [3.63, 3.8) is 0 Å². The second kappa shape index (κ2) is 8.19. The van der Waals surface area contributed by atoms with Crippen molar-refractivity contribution in [3.8, 4) is 10.6 Å². The Morgan fingerprint density at radius 2 is 1.90 bits per heavy atom. The van der Waals surface area contributed by atoms with E-state index in [2.05, 4.69) is 35.8 Å². The fourth-order valence-corrected chi connectivity index (χ4v) is 4.24. The van der Waals surface area contributed by atoms with Crippen LogP contribution >= 0.6 is 11.3 Å². The van der Waals surface area contributed by atoms with Gasteiger partial charge in [0.2, 0.25) is 5.91 Å². The Balaban J connectivity index is 1.41. The van der Waals surface area contributed by atoms with Crippen molar-refractivity contribution < 1.29 is 9.21 Å². The Hall–Kier alpha value is -2.96. The Kier molecular flexibility index (Phi) is 5.47. The highest BCUT2D eigenvalue weighted by Crippen LogP contribution is 2.31. The normalized spacial score (nSPS) is 13.3. The average molecular weight is 406 g/mol. The second-order valence-electron chi connectivity index (χ2n) is 7.18. The molecule has 5 nitrogen and oxygen atoms in total. The molecule has 0 spiro atoms. The van der Waals surface area contributed by atoms with E-state index in [1.54, 1.807) is 17.6 Å². The molecule has 2 atom stereocenters. The van der Waals surface area contributed by atoms with E-state index >= 15 is 0 Å². The van der Waals surface area contributed by atoms with E-state index in [9.17, 15) is 4.79 Å². The summed E-state index contributed by atoms with van der Waals surface area (Å²) in [4.78, 5) is 17.2. The van der Waals surface area contributed by atoms with Gasteiger partial charge in [0, 0.05) is 11.3 Å². The van der Waals surface area contributed by atoms with Crippen molar-refractivity contribution >= 4 is 33.1 Å². The maximum atomic E-state index is 12.5. The van der Waals surface area contributed by atoms with Crippen LogP contribution in [-0.2, 0) is 4.79 Å². The summed E-state index contributed by atoms with van der Waals surface area (Å²) >= 11 is 1.68. The molecule has 1 amide bonds. The van der Waals surface area contributed by atoms with Gasteiger partial charge in [0.1, 0.15) is 10.8 Å². The second-order valence-corrected chi connectivity index (χ2v) is 8.21. The van der Waals surface area contributed by atoms with E-state index in [-0.39, 0.29) is 18.0 Å². The van der Waals surface area contributed by atoms with Crippen LogP contribution in [0.1, 0.15) is 31.2 Å². The number of carbonyl (C=O) groups excluding carboxylic acids is 1. The molecular formula is C23H23N3O2S. The van der Waals surface area contributed by atoms with Crippen LogP contribution in [0.2, 0.25) is 0 Å². The van der Waals surface area contributed by atoms with Crippen molar-refractivity contribution in [1.29, 1.82) is 0 Å². The third-order valence-electron chi connectivity index (χ3n) is 4.81. The number of hydrogen-bond donors (Lipinski definition) is 2. The van der Waals surface area contributed by atoms with Crippen LogP contribution in [-0.4, -0.2) is 16.9 Å². The zero-order valence-corrected chi connectivity index (χ0v) is 17.4. The van der Waals surface area contributed by atoms with Gasteiger partial charge in [-0.25, -0.2) is 4.98 Å². The van der Waals surface area contributed by atoms with Crippen molar-refractivity contribution in [2.45, 2.75) is 32.9 Å². The molecule has 29 heavy (non-hydrogen) atoms. The van der Waals surface area contributed by atoms with Gasteiger partial charge in [-0.1, -0.05) is 6.07 Å². The van der Waals surface area contributed by atoms with Gasteiger partial charge in [0.25, 0.3) is 0 Å². The predicted octanol–water partition coefficient (Wildman–Crippen LogP) is 5.54. The highest BCUT2D eigenvalue weighted by molar-refractivity contribution is 7.21. The molecule has 2 N–H and O–H groups in total. The Morgan fingerprint density at radius 1 is 1.10 bits per heavy atom. The first-order valence-corrected chi connectivity index (χ1v) is 10.4. The van der Waals surface area contributed by atoms with Gasteiger partial charge in [-0.05, 0) is 74.9 Å². The number of furan rings is 1. The quantitative estimate of drug-likeness (QED) is 0.442. The summed E-state index contributed by atoms with van der Waals surface area (Å²) in [6, 6.07) is 17.4. The number of aryl methyl sites for hydroxylation is 1. The minimum Gasteiger partial charge on any atom is -0.468 e. The Bertz CT molecular complexity index is 1120. The van der Waals surface area contributed by atoms with E-state index in [1.165, 1.54) is 10.3 Å². The van der Waals surface area contributed by atoms with E-state index < -0.39 is 0 Å². The van der Waals surface area contributed by atoms with Crippen molar-refractivity contribution in [3.05, 3.63) is 72.2 Å². The van der Waals surface area contributed by atoms with Gasteiger partial charge < -0.3 is 9.73 Å². The first-order valence-electron chi connectivity index (χ1n) is 9.57. The Morgan fingerprint density at radius 3 is 2.62 bits per heavy atom. The van der Waals surface area contributed by atoms with Gasteiger partial charge >= 0.3 is 0 Å². The van der Waals surface area contributed by atoms with Gasteiger partial charge in [0.05, 0.1) is 28.6 Å². The lowest BCUT2D eigenvalue weighted by Crippen LogP contribution is -2.39. The number of nitrogens with zero attached hydrogens (tertiary/aromatic N) is 1. The molecular weight excluding hydrogens is 382 g/mol. The molecule has 2 aromatic carbocycles. The minimum absolute atomic E-state index is 0.0456. The lowest BCUT2D eigenvalue weighted by Gasteiger charge is -2.18. The van der Waals surface area contributed by atoms with Crippen molar-refractivity contribution in [2.75, 3.05) is 5.32 Å². The van der Waals surface area contributed by atoms with Crippen LogP contribution in [0.25, 0.3) is 20.8 Å². The maximum Gasteiger partial charge on any atom is 0.241 e. The molecule has 6 heteroatoms. The predicted molar refractivity (Wildman–Crippen MR) is 118 cm³/mol. The molecule has 4 aromatic rings. The molecule has 0 aliphatic carbocycles. The van der Waals surface area contributed by atoms with Gasteiger partial charge in [-0.15, -0.1) is 11.3 Å². The largest absolute Gasteiger partial charge is 0.468 e. The summed E-state index contributed by atoms with van der Waals surface area (Å²) in [6.07, 6.45) is 1.63. The number of amides is 1. The van der Waals surface area contributed by atoms with Crippen molar-refractivity contribution in [1.82, 2.24) is 10.3 Å². The van der Waals surface area contributed by atoms with Crippen molar-refractivity contribution in [2.24, 2.45) is 0 Å². The monoisotopic (exact) mass is 405 g/mol. The summed E-state index contributed by atoms with van der Waals surface area (Å²) < 4.78 is 6.56. The van der Waals surface area contributed by atoms with Gasteiger partial charge in [-0.2, -0.15) is 0 Å². The third-order valence-corrected chi connectivity index (χ3v) is 5.87. The van der Waals surface area contributed by atoms with E-state index in [1.807, 2.05) is 50.2 Å². The number of carbonyl (C=O) groups is 1. The van der Waals surface area contributed by atoms with E-state index in [0.717, 1.165) is 27.5 Å². The van der Waals surface area contributed by atoms with Gasteiger partial charge in [-0.3, -0.25) is 10.1 Å². The molecule has 0 aliphatic heterocycles. The topological polar surface area (TPSA) is 67.2 Å². The number of rotatable bonds is 6. The smallest absolute Gasteiger partial charge is 0.241 e. The lowest BCUT2D eigenvalue weighted by molar-refractivity contribution is -0.118. The minimum atomic E-state index is -0.359. The maximum absolute atomic E-state index is 12.5. The molecule has 0 aliphatic rings. The molecule has 4 rings (SSSR count). The lowest BCUT2D eigenvalue weighted by atomic mass is 10.2. The van der Waals surface area contributed by atoms with Crippen LogP contribution in [0.4, 0.5) is 5.69 Å². The number of fused-ring (bicyclic) bond motifs is 1. The van der Waals surface area contributed by atoms with E-state index in [4.69, 9.17) is 9.40 Å². The van der Waals surface area contributed by atoms with Crippen LogP contribution in [0.15, 0.2) is 65.3 Å². The number of nitrogens with one attached hydrogen (secondary N) is 2. The number of aromatic nitrogens is 1. The SMILES string of the molecule is Cc1ccc2nc(-c3ccc(NC(=O)[C@@H](C)N[C@@H](C)c4ccco4)cc3)sc2c1. The molecule has 0 saturated heterocycles. The fourth-order valence-electron chi connectivity index (χ4n) is 3.17. The van der Waals surface area contributed by atoms with Gasteiger partial charge in [0.15, 0.2) is 0 Å². The van der Waals surface area contributed by atoms with Crippen LogP contribution in [0, 0.1) is 6.92 Å². The highest BCUT2D eigenvalue weighted by atomic mass is 32.1. The zero-order valence-electron chi connectivity index (χ0n) is 16.6. The standard InChI is InChI=1S/C23H23N3O2S/c1-14-6-11-19-21(13-14)29-23(26-19)17-7-9-18(10-8-17)25-22(27)16(3)24-15(2)20-5-4-12-28-20/h4-13,15-16,24H,1-3H3,(H,25,27)/t15-,16+/m0/s1. The summed E-state index contributed by atoms with van der Waals surface area (Å²) in [7, 11) is 0. The van der Waals surface area contributed by atoms with E-state index in [0.29, 0.717) is 0 Å². The number of benzene rings is 2. The molecule has 0 bridgehead atoms. The molecule has 0 radical (unpaired) electrons.